The number of hydrogen-bond acceptors (Lipinski definition) is 2. The lowest BCUT2D eigenvalue weighted by molar-refractivity contribution is 0.389. The molecule has 0 radical (unpaired) electrons. The number of halogens is 1. The van der Waals surface area contributed by atoms with Crippen molar-refractivity contribution in [2.24, 2.45) is 5.73 Å². The average molecular weight is 157 g/mol. The normalized spacial score (nSPS) is 13.4. The van der Waals surface area contributed by atoms with E-state index in [9.17, 15) is 4.39 Å². The maximum Gasteiger partial charge on any atom is 0.120 e. The number of nitrogens with two attached hydrogens (primary N) is 1. The standard InChI is InChI=1S/C8H12FNO/c1-6-2-3-8(11-6)7(10)4-5-9/h2-3,7H,4-5,10H2,1H3/t7-/m0/s1. The van der Waals surface area contributed by atoms with E-state index < -0.39 is 6.67 Å². The molecular formula is C8H12FNO. The molecule has 0 saturated carbocycles. The predicted octanol–water partition coefficient (Wildman–Crippen LogP) is 1.95. The van der Waals surface area contributed by atoms with E-state index in [1.807, 2.05) is 13.0 Å². The van der Waals surface area contributed by atoms with Gasteiger partial charge in [-0.25, -0.2) is 0 Å². The fraction of sp³-hybridized carbons (Fsp3) is 0.500. The molecule has 0 aromatic carbocycles. The van der Waals surface area contributed by atoms with Crippen molar-refractivity contribution < 1.29 is 8.81 Å². The molecule has 0 amide bonds. The highest BCUT2D eigenvalue weighted by Gasteiger charge is 2.08. The molecule has 1 atom stereocenters. The number of rotatable bonds is 3. The Kier molecular flexibility index (Phi) is 2.65. The van der Waals surface area contributed by atoms with Crippen molar-refractivity contribution in [3.8, 4) is 0 Å². The third kappa shape index (κ3) is 2.05. The first kappa shape index (κ1) is 8.27. The van der Waals surface area contributed by atoms with Gasteiger partial charge in [0.1, 0.15) is 11.5 Å². The van der Waals surface area contributed by atoms with Crippen LogP contribution in [0.1, 0.15) is 24.0 Å². The quantitative estimate of drug-likeness (QED) is 0.728. The van der Waals surface area contributed by atoms with E-state index in [4.69, 9.17) is 10.2 Å². The van der Waals surface area contributed by atoms with Crippen molar-refractivity contribution in [2.45, 2.75) is 19.4 Å². The summed E-state index contributed by atoms with van der Waals surface area (Å²) in [6.45, 7) is 1.44. The summed E-state index contributed by atoms with van der Waals surface area (Å²) in [4.78, 5) is 0. The van der Waals surface area contributed by atoms with Crippen LogP contribution in [0.5, 0.6) is 0 Å². The van der Waals surface area contributed by atoms with Crippen molar-refractivity contribution in [1.29, 1.82) is 0 Å². The Morgan fingerprint density at radius 1 is 1.64 bits per heavy atom. The Morgan fingerprint density at radius 2 is 2.36 bits per heavy atom. The van der Waals surface area contributed by atoms with Gasteiger partial charge in [-0.3, -0.25) is 4.39 Å². The second kappa shape index (κ2) is 3.53. The van der Waals surface area contributed by atoms with Gasteiger partial charge in [-0.05, 0) is 25.5 Å². The summed E-state index contributed by atoms with van der Waals surface area (Å²) in [7, 11) is 0. The highest BCUT2D eigenvalue weighted by Crippen LogP contribution is 2.16. The van der Waals surface area contributed by atoms with Crippen LogP contribution in [0.15, 0.2) is 16.5 Å². The van der Waals surface area contributed by atoms with Crippen LogP contribution in [-0.2, 0) is 0 Å². The summed E-state index contributed by atoms with van der Waals surface area (Å²) < 4.78 is 17.0. The zero-order chi connectivity index (χ0) is 8.27. The van der Waals surface area contributed by atoms with Crippen LogP contribution in [-0.4, -0.2) is 6.67 Å². The molecule has 2 nitrogen and oxygen atoms in total. The second-order valence-corrected chi connectivity index (χ2v) is 2.53. The van der Waals surface area contributed by atoms with Gasteiger partial charge < -0.3 is 10.2 Å². The first-order chi connectivity index (χ1) is 5.24. The molecule has 1 aromatic rings. The lowest BCUT2D eigenvalue weighted by Gasteiger charge is -2.03. The summed E-state index contributed by atoms with van der Waals surface area (Å²) in [5.74, 6) is 1.48. The van der Waals surface area contributed by atoms with Crippen molar-refractivity contribution in [3.63, 3.8) is 0 Å². The fourth-order valence-electron chi connectivity index (χ4n) is 0.913. The Bertz CT molecular complexity index is 222. The topological polar surface area (TPSA) is 39.2 Å². The van der Waals surface area contributed by atoms with Gasteiger partial charge in [0.05, 0.1) is 12.7 Å². The van der Waals surface area contributed by atoms with Crippen LogP contribution in [0.2, 0.25) is 0 Å². The summed E-state index contributed by atoms with van der Waals surface area (Å²) in [5, 5.41) is 0. The molecule has 0 aliphatic heterocycles. The van der Waals surface area contributed by atoms with Gasteiger partial charge in [0, 0.05) is 0 Å². The van der Waals surface area contributed by atoms with Crippen molar-refractivity contribution in [1.82, 2.24) is 0 Å². The molecule has 3 heteroatoms. The van der Waals surface area contributed by atoms with Crippen molar-refractivity contribution in [2.75, 3.05) is 6.67 Å². The van der Waals surface area contributed by atoms with Gasteiger partial charge in [0.25, 0.3) is 0 Å². The lowest BCUT2D eigenvalue weighted by atomic mass is 10.2. The zero-order valence-electron chi connectivity index (χ0n) is 6.51. The van der Waals surface area contributed by atoms with Gasteiger partial charge in [0.15, 0.2) is 0 Å². The Morgan fingerprint density at radius 3 is 2.82 bits per heavy atom. The Hall–Kier alpha value is -0.830. The van der Waals surface area contributed by atoms with E-state index in [0.29, 0.717) is 12.2 Å². The number of aryl methyl sites for hydroxylation is 1. The highest BCUT2D eigenvalue weighted by molar-refractivity contribution is 5.08. The van der Waals surface area contributed by atoms with Gasteiger partial charge >= 0.3 is 0 Å². The molecule has 2 N–H and O–H groups in total. The zero-order valence-corrected chi connectivity index (χ0v) is 6.51. The molecule has 0 saturated heterocycles. The Balaban J connectivity index is 2.60. The molecule has 0 unspecified atom stereocenters. The molecule has 0 aliphatic carbocycles. The first-order valence-corrected chi connectivity index (χ1v) is 3.62. The van der Waals surface area contributed by atoms with E-state index in [-0.39, 0.29) is 6.04 Å². The van der Waals surface area contributed by atoms with E-state index in [2.05, 4.69) is 0 Å². The maximum atomic E-state index is 11.8. The summed E-state index contributed by atoms with van der Waals surface area (Å²) in [6.07, 6.45) is 0.326. The molecular weight excluding hydrogens is 145 g/mol. The third-order valence-corrected chi connectivity index (χ3v) is 1.55. The van der Waals surface area contributed by atoms with Crippen molar-refractivity contribution >= 4 is 0 Å². The molecule has 62 valence electrons. The molecule has 0 spiro atoms. The van der Waals surface area contributed by atoms with Crippen LogP contribution in [0.3, 0.4) is 0 Å². The second-order valence-electron chi connectivity index (χ2n) is 2.53. The molecule has 1 heterocycles. The van der Waals surface area contributed by atoms with E-state index in [0.717, 1.165) is 5.76 Å². The summed E-state index contributed by atoms with van der Waals surface area (Å²) in [5.41, 5.74) is 5.59. The van der Waals surface area contributed by atoms with Crippen molar-refractivity contribution in [3.05, 3.63) is 23.7 Å². The maximum absolute atomic E-state index is 11.8. The first-order valence-electron chi connectivity index (χ1n) is 3.62. The largest absolute Gasteiger partial charge is 0.465 e. The third-order valence-electron chi connectivity index (χ3n) is 1.55. The smallest absolute Gasteiger partial charge is 0.120 e. The SMILES string of the molecule is Cc1ccc([C@@H](N)CCF)o1. The van der Waals surface area contributed by atoms with Gasteiger partial charge in [-0.2, -0.15) is 0 Å². The predicted molar refractivity (Wildman–Crippen MR) is 41.0 cm³/mol. The van der Waals surface area contributed by atoms with Crippen LogP contribution < -0.4 is 5.73 Å². The van der Waals surface area contributed by atoms with Crippen LogP contribution in [0, 0.1) is 6.92 Å². The number of furan rings is 1. The molecule has 0 aliphatic rings. The highest BCUT2D eigenvalue weighted by atomic mass is 19.1. The molecule has 11 heavy (non-hydrogen) atoms. The lowest BCUT2D eigenvalue weighted by Crippen LogP contribution is -2.09. The minimum atomic E-state index is -0.402. The van der Waals surface area contributed by atoms with Crippen LogP contribution >= 0.6 is 0 Å². The monoisotopic (exact) mass is 157 g/mol. The van der Waals surface area contributed by atoms with E-state index >= 15 is 0 Å². The average Bonchev–Trinajstić information content (AvgIpc) is 2.36. The van der Waals surface area contributed by atoms with E-state index in [1.165, 1.54) is 0 Å². The summed E-state index contributed by atoms with van der Waals surface area (Å²) in [6, 6.07) is 3.32. The molecule has 0 bridgehead atoms. The summed E-state index contributed by atoms with van der Waals surface area (Å²) >= 11 is 0. The van der Waals surface area contributed by atoms with Gasteiger partial charge in [0.2, 0.25) is 0 Å². The number of hydrogen-bond donors (Lipinski definition) is 1. The Labute approximate surface area is 65.2 Å². The number of alkyl halides is 1. The van der Waals surface area contributed by atoms with Crippen LogP contribution in [0.4, 0.5) is 4.39 Å². The molecule has 0 fully saturated rings. The van der Waals surface area contributed by atoms with Crippen LogP contribution in [0.25, 0.3) is 0 Å². The van der Waals surface area contributed by atoms with Gasteiger partial charge in [-0.1, -0.05) is 0 Å². The van der Waals surface area contributed by atoms with Gasteiger partial charge in [-0.15, -0.1) is 0 Å². The minimum absolute atomic E-state index is 0.298. The molecule has 1 rings (SSSR count). The molecule has 1 aromatic heterocycles. The van der Waals surface area contributed by atoms with E-state index in [1.54, 1.807) is 6.07 Å². The minimum Gasteiger partial charge on any atom is -0.465 e. The fourth-order valence-corrected chi connectivity index (χ4v) is 0.913.